The Labute approximate surface area is 134 Å². The molecule has 0 fully saturated rings. The van der Waals surface area contributed by atoms with Gasteiger partial charge in [0.2, 0.25) is 10.0 Å². The first kappa shape index (κ1) is 16.8. The molecule has 0 saturated carbocycles. The van der Waals surface area contributed by atoms with E-state index in [2.05, 4.69) is 4.72 Å². The van der Waals surface area contributed by atoms with Gasteiger partial charge in [0.15, 0.2) is 5.78 Å². The highest BCUT2D eigenvalue weighted by Gasteiger charge is 2.19. The van der Waals surface area contributed by atoms with Crippen LogP contribution in [-0.4, -0.2) is 27.9 Å². The maximum absolute atomic E-state index is 12.3. The minimum absolute atomic E-state index is 0.0698. The molecule has 0 radical (unpaired) electrons. The van der Waals surface area contributed by atoms with Crippen LogP contribution in [0.1, 0.15) is 28.9 Å². The number of Topliss-reactive ketones (excluding diaryl/α,β-unsaturated/α-hetero) is 1. The molecule has 22 heavy (non-hydrogen) atoms. The normalized spacial score (nSPS) is 13.0. The van der Waals surface area contributed by atoms with Crippen molar-refractivity contribution in [1.82, 2.24) is 4.72 Å². The van der Waals surface area contributed by atoms with Gasteiger partial charge in [-0.15, -0.1) is 0 Å². The van der Waals surface area contributed by atoms with Crippen molar-refractivity contribution in [2.45, 2.75) is 17.9 Å². The third kappa shape index (κ3) is 4.01. The second kappa shape index (κ2) is 7.15. The van der Waals surface area contributed by atoms with E-state index >= 15 is 0 Å². The predicted molar refractivity (Wildman–Crippen MR) is 85.7 cm³/mol. The Morgan fingerprint density at radius 1 is 1.36 bits per heavy atom. The summed E-state index contributed by atoms with van der Waals surface area (Å²) in [6.45, 7) is 1.52. The summed E-state index contributed by atoms with van der Waals surface area (Å²) in [6.07, 6.45) is -0.350. The summed E-state index contributed by atoms with van der Waals surface area (Å²) in [5.41, 5.74) is 1.29. The highest BCUT2D eigenvalue weighted by Crippen LogP contribution is 2.20. The molecule has 1 aromatic heterocycles. The molecule has 2 aromatic rings. The Morgan fingerprint density at radius 3 is 2.73 bits per heavy atom. The third-order valence-corrected chi connectivity index (χ3v) is 5.33. The molecule has 118 valence electrons. The fourth-order valence-electron chi connectivity index (χ4n) is 1.95. The van der Waals surface area contributed by atoms with Gasteiger partial charge in [-0.1, -0.05) is 12.1 Å². The van der Waals surface area contributed by atoms with E-state index in [0.29, 0.717) is 5.56 Å². The van der Waals surface area contributed by atoms with E-state index < -0.39 is 10.0 Å². The van der Waals surface area contributed by atoms with Crippen LogP contribution in [0.25, 0.3) is 0 Å². The Balaban J connectivity index is 2.14. The summed E-state index contributed by atoms with van der Waals surface area (Å²) in [6, 6.07) is 7.87. The number of sulfonamides is 1. The van der Waals surface area contributed by atoms with E-state index in [1.54, 1.807) is 12.1 Å². The van der Waals surface area contributed by atoms with Crippen molar-refractivity contribution in [1.29, 1.82) is 0 Å². The number of rotatable bonds is 7. The molecule has 1 N–H and O–H groups in total. The van der Waals surface area contributed by atoms with Crippen molar-refractivity contribution < 1.29 is 17.9 Å². The zero-order chi connectivity index (χ0) is 16.2. The molecule has 1 aromatic carbocycles. The third-order valence-electron chi connectivity index (χ3n) is 3.21. The molecule has 0 amide bonds. The first-order chi connectivity index (χ1) is 10.4. The number of methoxy groups -OCH3 is 1. The molecular formula is C15H17NO4S2. The lowest BCUT2D eigenvalue weighted by Gasteiger charge is -2.15. The molecular weight excluding hydrogens is 322 g/mol. The highest BCUT2D eigenvalue weighted by molar-refractivity contribution is 7.89. The second-order valence-electron chi connectivity index (χ2n) is 4.72. The van der Waals surface area contributed by atoms with Gasteiger partial charge in [-0.3, -0.25) is 4.79 Å². The van der Waals surface area contributed by atoms with E-state index in [1.807, 2.05) is 16.8 Å². The number of benzene rings is 1. The molecule has 0 aliphatic rings. The standard InChI is InChI=1S/C15H17NO4S2/c1-11(17)12-4-3-5-14(8-12)22(18,19)16-9-15(20-2)13-6-7-21-10-13/h3-8,10,15-16H,9H2,1-2H3/t15-/m0/s1. The Bertz CT molecular complexity index is 739. The van der Waals surface area contributed by atoms with E-state index in [9.17, 15) is 13.2 Å². The molecule has 0 aliphatic heterocycles. The number of carbonyl (C=O) groups excluding carboxylic acids is 1. The molecule has 0 unspecified atom stereocenters. The average Bonchev–Trinajstić information content (AvgIpc) is 3.02. The number of ketones is 1. The highest BCUT2D eigenvalue weighted by atomic mass is 32.2. The summed E-state index contributed by atoms with van der Waals surface area (Å²) >= 11 is 1.52. The van der Waals surface area contributed by atoms with Gasteiger partial charge in [-0.25, -0.2) is 13.1 Å². The van der Waals surface area contributed by atoms with Crippen molar-refractivity contribution >= 4 is 27.1 Å². The fourth-order valence-corrected chi connectivity index (χ4v) is 3.73. The van der Waals surface area contributed by atoms with E-state index in [0.717, 1.165) is 5.56 Å². The molecule has 0 aliphatic carbocycles. The minimum Gasteiger partial charge on any atom is -0.375 e. The molecule has 7 heteroatoms. The smallest absolute Gasteiger partial charge is 0.240 e. The molecule has 2 rings (SSSR count). The predicted octanol–water partition coefficient (Wildman–Crippen LogP) is 2.62. The topological polar surface area (TPSA) is 72.5 Å². The van der Waals surface area contributed by atoms with Gasteiger partial charge in [0.25, 0.3) is 0 Å². The first-order valence-corrected chi connectivity index (χ1v) is 9.02. The van der Waals surface area contributed by atoms with Gasteiger partial charge in [0, 0.05) is 19.2 Å². The van der Waals surface area contributed by atoms with Crippen LogP contribution in [0.4, 0.5) is 0 Å². The summed E-state index contributed by atoms with van der Waals surface area (Å²) in [4.78, 5) is 11.4. The van der Waals surface area contributed by atoms with Gasteiger partial charge in [0.1, 0.15) is 0 Å². The molecule has 0 saturated heterocycles. The second-order valence-corrected chi connectivity index (χ2v) is 7.26. The van der Waals surface area contributed by atoms with Crippen LogP contribution in [0.2, 0.25) is 0 Å². The number of hydrogen-bond acceptors (Lipinski definition) is 5. The zero-order valence-electron chi connectivity index (χ0n) is 12.3. The van der Waals surface area contributed by atoms with Crippen LogP contribution >= 0.6 is 11.3 Å². The summed E-state index contributed by atoms with van der Waals surface area (Å²) in [5, 5.41) is 3.82. The number of thiophene rings is 1. The number of carbonyl (C=O) groups is 1. The Morgan fingerprint density at radius 2 is 2.14 bits per heavy atom. The largest absolute Gasteiger partial charge is 0.375 e. The fraction of sp³-hybridized carbons (Fsp3) is 0.267. The van der Waals surface area contributed by atoms with Gasteiger partial charge >= 0.3 is 0 Å². The summed E-state index contributed by atoms with van der Waals surface area (Å²) in [7, 11) is -2.16. The number of ether oxygens (including phenoxy) is 1. The van der Waals surface area contributed by atoms with Crippen molar-refractivity contribution in [2.24, 2.45) is 0 Å². The Hall–Kier alpha value is -1.54. The number of nitrogens with one attached hydrogen (secondary N) is 1. The van der Waals surface area contributed by atoms with Crippen LogP contribution in [0, 0.1) is 0 Å². The number of hydrogen-bond donors (Lipinski definition) is 1. The van der Waals surface area contributed by atoms with Gasteiger partial charge in [-0.2, -0.15) is 11.3 Å². The van der Waals surface area contributed by atoms with Gasteiger partial charge < -0.3 is 4.74 Å². The minimum atomic E-state index is -3.69. The summed E-state index contributed by atoms with van der Waals surface area (Å²) in [5.74, 6) is -0.176. The molecule has 0 bridgehead atoms. The monoisotopic (exact) mass is 339 g/mol. The molecule has 0 spiro atoms. The SMILES string of the molecule is CO[C@@H](CNS(=O)(=O)c1cccc(C(C)=O)c1)c1ccsc1. The van der Waals surface area contributed by atoms with Gasteiger partial charge in [-0.05, 0) is 41.4 Å². The van der Waals surface area contributed by atoms with Crippen molar-refractivity contribution in [3.05, 3.63) is 52.2 Å². The van der Waals surface area contributed by atoms with Crippen LogP contribution in [0.15, 0.2) is 46.0 Å². The molecule has 5 nitrogen and oxygen atoms in total. The molecule has 1 atom stereocenters. The van der Waals surface area contributed by atoms with Crippen molar-refractivity contribution in [3.63, 3.8) is 0 Å². The quantitative estimate of drug-likeness (QED) is 0.787. The first-order valence-electron chi connectivity index (χ1n) is 6.59. The van der Waals surface area contributed by atoms with Crippen molar-refractivity contribution in [3.8, 4) is 0 Å². The van der Waals surface area contributed by atoms with Gasteiger partial charge in [0.05, 0.1) is 11.0 Å². The maximum atomic E-state index is 12.3. The molecule has 1 heterocycles. The van der Waals surface area contributed by atoms with Crippen LogP contribution < -0.4 is 4.72 Å². The zero-order valence-corrected chi connectivity index (χ0v) is 13.9. The van der Waals surface area contributed by atoms with E-state index in [4.69, 9.17) is 4.74 Å². The lowest BCUT2D eigenvalue weighted by Crippen LogP contribution is -2.29. The lowest BCUT2D eigenvalue weighted by molar-refractivity contribution is 0.101. The van der Waals surface area contributed by atoms with Crippen LogP contribution in [0.3, 0.4) is 0 Å². The van der Waals surface area contributed by atoms with Crippen molar-refractivity contribution in [2.75, 3.05) is 13.7 Å². The van der Waals surface area contributed by atoms with Crippen LogP contribution in [-0.2, 0) is 14.8 Å². The Kier molecular flexibility index (Phi) is 5.47. The van der Waals surface area contributed by atoms with E-state index in [-0.39, 0.29) is 23.3 Å². The lowest BCUT2D eigenvalue weighted by atomic mass is 10.2. The maximum Gasteiger partial charge on any atom is 0.240 e. The average molecular weight is 339 g/mol. The van der Waals surface area contributed by atoms with Crippen LogP contribution in [0.5, 0.6) is 0 Å². The summed E-state index contributed by atoms with van der Waals surface area (Å²) < 4.78 is 32.5. The van der Waals surface area contributed by atoms with E-state index in [1.165, 1.54) is 37.5 Å².